The third-order valence-corrected chi connectivity index (χ3v) is 4.35. The van der Waals surface area contributed by atoms with Gasteiger partial charge in [0.2, 0.25) is 0 Å². The molecule has 0 saturated carbocycles. The van der Waals surface area contributed by atoms with Crippen molar-refractivity contribution in [2.24, 2.45) is 11.7 Å². The van der Waals surface area contributed by atoms with Crippen LogP contribution in [0.2, 0.25) is 0 Å². The fourth-order valence-electron chi connectivity index (χ4n) is 2.35. The van der Waals surface area contributed by atoms with E-state index in [9.17, 15) is 0 Å². The molecular weight excluding hydrogens is 288 g/mol. The van der Waals surface area contributed by atoms with Crippen LogP contribution < -0.4 is 5.73 Å². The Hall–Kier alpha value is -0.380. The summed E-state index contributed by atoms with van der Waals surface area (Å²) < 4.78 is 1.17. The van der Waals surface area contributed by atoms with Crippen LogP contribution in [0.5, 0.6) is 0 Å². The van der Waals surface area contributed by atoms with Gasteiger partial charge in [0, 0.05) is 23.1 Å². The van der Waals surface area contributed by atoms with Crippen molar-refractivity contribution in [2.45, 2.75) is 39.3 Å². The number of hydrogen-bond acceptors (Lipinski definition) is 2. The van der Waals surface area contributed by atoms with Crippen molar-refractivity contribution in [3.63, 3.8) is 0 Å². The molecule has 0 aliphatic carbocycles. The van der Waals surface area contributed by atoms with E-state index in [2.05, 4.69) is 66.8 Å². The van der Waals surface area contributed by atoms with Gasteiger partial charge in [-0.2, -0.15) is 0 Å². The second kappa shape index (κ2) is 6.69. The molecule has 0 heterocycles. The highest BCUT2D eigenvalue weighted by Gasteiger charge is 2.28. The van der Waals surface area contributed by atoms with E-state index in [1.807, 2.05) is 6.07 Å². The van der Waals surface area contributed by atoms with Crippen molar-refractivity contribution in [2.75, 3.05) is 13.6 Å². The highest BCUT2D eigenvalue weighted by molar-refractivity contribution is 9.10. The van der Waals surface area contributed by atoms with Crippen molar-refractivity contribution >= 4 is 15.9 Å². The standard InChI is InChI=1S/C15H25BrN2/c1-12(2)9-15(3,11-17)18(4)10-13-7-5-6-8-14(13)16/h5-8,12H,9-11,17H2,1-4H3. The molecule has 0 aliphatic rings. The molecule has 0 radical (unpaired) electrons. The van der Waals surface area contributed by atoms with E-state index >= 15 is 0 Å². The Morgan fingerprint density at radius 1 is 1.33 bits per heavy atom. The van der Waals surface area contributed by atoms with Crippen LogP contribution in [0, 0.1) is 5.92 Å². The second-order valence-electron chi connectivity index (χ2n) is 5.75. The molecule has 0 aromatic heterocycles. The van der Waals surface area contributed by atoms with Crippen molar-refractivity contribution in [3.05, 3.63) is 34.3 Å². The van der Waals surface area contributed by atoms with Gasteiger partial charge in [0.25, 0.3) is 0 Å². The molecule has 2 nitrogen and oxygen atoms in total. The van der Waals surface area contributed by atoms with Crippen molar-refractivity contribution < 1.29 is 0 Å². The highest BCUT2D eigenvalue weighted by atomic mass is 79.9. The molecule has 1 unspecified atom stereocenters. The van der Waals surface area contributed by atoms with Gasteiger partial charge in [0.15, 0.2) is 0 Å². The molecule has 102 valence electrons. The monoisotopic (exact) mass is 312 g/mol. The molecule has 1 rings (SSSR count). The minimum atomic E-state index is 0.0590. The first-order chi connectivity index (χ1) is 8.39. The molecule has 0 amide bonds. The van der Waals surface area contributed by atoms with Crippen LogP contribution in [0.3, 0.4) is 0 Å². The van der Waals surface area contributed by atoms with E-state index in [4.69, 9.17) is 5.73 Å². The quantitative estimate of drug-likeness (QED) is 0.869. The van der Waals surface area contributed by atoms with Crippen molar-refractivity contribution in [1.29, 1.82) is 0 Å². The van der Waals surface area contributed by atoms with Gasteiger partial charge in [0.05, 0.1) is 0 Å². The Morgan fingerprint density at radius 3 is 2.44 bits per heavy atom. The average molecular weight is 313 g/mol. The van der Waals surface area contributed by atoms with E-state index in [-0.39, 0.29) is 5.54 Å². The van der Waals surface area contributed by atoms with Gasteiger partial charge in [0.1, 0.15) is 0 Å². The first-order valence-electron chi connectivity index (χ1n) is 6.54. The van der Waals surface area contributed by atoms with E-state index in [0.717, 1.165) is 13.0 Å². The maximum atomic E-state index is 5.99. The predicted octanol–water partition coefficient (Wildman–Crippen LogP) is 3.64. The summed E-state index contributed by atoms with van der Waals surface area (Å²) in [4.78, 5) is 2.37. The summed E-state index contributed by atoms with van der Waals surface area (Å²) in [6.45, 7) is 8.36. The molecular formula is C15H25BrN2. The maximum Gasteiger partial charge on any atom is 0.0306 e. The molecule has 0 saturated heterocycles. The fourth-order valence-corrected chi connectivity index (χ4v) is 2.76. The zero-order valence-electron chi connectivity index (χ0n) is 11.9. The SMILES string of the molecule is CC(C)CC(C)(CN)N(C)Cc1ccccc1Br. The number of benzene rings is 1. The lowest BCUT2D eigenvalue weighted by atomic mass is 9.89. The summed E-state index contributed by atoms with van der Waals surface area (Å²) in [5.74, 6) is 0.653. The Balaban J connectivity index is 2.80. The van der Waals surface area contributed by atoms with Crippen LogP contribution in [-0.4, -0.2) is 24.0 Å². The van der Waals surface area contributed by atoms with Crippen LogP contribution in [0.15, 0.2) is 28.7 Å². The minimum Gasteiger partial charge on any atom is -0.329 e. The van der Waals surface area contributed by atoms with Crippen LogP contribution in [-0.2, 0) is 6.54 Å². The zero-order valence-corrected chi connectivity index (χ0v) is 13.5. The number of nitrogens with zero attached hydrogens (tertiary/aromatic N) is 1. The first-order valence-corrected chi connectivity index (χ1v) is 7.33. The molecule has 3 heteroatoms. The van der Waals surface area contributed by atoms with E-state index in [1.165, 1.54) is 10.0 Å². The average Bonchev–Trinajstić information content (AvgIpc) is 2.31. The van der Waals surface area contributed by atoms with Crippen molar-refractivity contribution in [1.82, 2.24) is 4.90 Å². The number of hydrogen-bond donors (Lipinski definition) is 1. The maximum absolute atomic E-state index is 5.99. The Kier molecular flexibility index (Phi) is 5.83. The normalized spacial score (nSPS) is 15.1. The van der Waals surface area contributed by atoms with Crippen molar-refractivity contribution in [3.8, 4) is 0 Å². The molecule has 0 aliphatic heterocycles. The largest absolute Gasteiger partial charge is 0.329 e. The van der Waals surface area contributed by atoms with E-state index in [1.54, 1.807) is 0 Å². The lowest BCUT2D eigenvalue weighted by Gasteiger charge is -2.39. The summed E-state index contributed by atoms with van der Waals surface area (Å²) in [5.41, 5.74) is 7.36. The number of rotatable bonds is 6. The Labute approximate surface area is 120 Å². The van der Waals surface area contributed by atoms with Gasteiger partial charge in [-0.15, -0.1) is 0 Å². The summed E-state index contributed by atoms with van der Waals surface area (Å²) in [7, 11) is 2.16. The first kappa shape index (κ1) is 15.7. The molecule has 0 spiro atoms. The lowest BCUT2D eigenvalue weighted by molar-refractivity contribution is 0.111. The van der Waals surface area contributed by atoms with E-state index < -0.39 is 0 Å². The van der Waals surface area contributed by atoms with Gasteiger partial charge in [-0.25, -0.2) is 0 Å². The predicted molar refractivity (Wildman–Crippen MR) is 82.5 cm³/mol. The molecule has 18 heavy (non-hydrogen) atoms. The highest BCUT2D eigenvalue weighted by Crippen LogP contribution is 2.25. The third kappa shape index (κ3) is 4.08. The Morgan fingerprint density at radius 2 is 1.94 bits per heavy atom. The lowest BCUT2D eigenvalue weighted by Crippen LogP contribution is -2.50. The number of likely N-dealkylation sites (N-methyl/N-ethyl adjacent to an activating group) is 1. The third-order valence-electron chi connectivity index (χ3n) is 3.57. The molecule has 1 aromatic carbocycles. The van der Waals surface area contributed by atoms with E-state index in [0.29, 0.717) is 12.5 Å². The summed E-state index contributed by atoms with van der Waals surface area (Å²) in [5, 5.41) is 0. The molecule has 1 aromatic rings. The van der Waals surface area contributed by atoms with Crippen LogP contribution in [0.1, 0.15) is 32.8 Å². The summed E-state index contributed by atoms with van der Waals surface area (Å²) in [6.07, 6.45) is 1.12. The smallest absolute Gasteiger partial charge is 0.0306 e. The summed E-state index contributed by atoms with van der Waals surface area (Å²) >= 11 is 3.61. The second-order valence-corrected chi connectivity index (χ2v) is 6.60. The topological polar surface area (TPSA) is 29.3 Å². The van der Waals surface area contributed by atoms with Crippen LogP contribution >= 0.6 is 15.9 Å². The molecule has 0 bridgehead atoms. The number of nitrogens with two attached hydrogens (primary N) is 1. The zero-order chi connectivity index (χ0) is 13.8. The van der Waals surface area contributed by atoms with Gasteiger partial charge in [-0.05, 0) is 37.9 Å². The van der Waals surface area contributed by atoms with Gasteiger partial charge in [-0.1, -0.05) is 48.0 Å². The summed E-state index contributed by atoms with van der Waals surface area (Å²) in [6, 6.07) is 8.37. The molecule has 2 N–H and O–H groups in total. The molecule has 1 atom stereocenters. The molecule has 0 fully saturated rings. The van der Waals surface area contributed by atoms with Gasteiger partial charge >= 0.3 is 0 Å². The number of halogens is 1. The van der Waals surface area contributed by atoms with Crippen LogP contribution in [0.4, 0.5) is 0 Å². The minimum absolute atomic E-state index is 0.0590. The van der Waals surface area contributed by atoms with Gasteiger partial charge < -0.3 is 5.73 Å². The fraction of sp³-hybridized carbons (Fsp3) is 0.600. The van der Waals surface area contributed by atoms with Crippen LogP contribution in [0.25, 0.3) is 0 Å². The van der Waals surface area contributed by atoms with Gasteiger partial charge in [-0.3, -0.25) is 4.90 Å². The Bertz CT molecular complexity index is 379.